The molecule has 178 valence electrons. The highest BCUT2D eigenvalue weighted by Crippen LogP contribution is 2.19. The zero-order valence-electron chi connectivity index (χ0n) is 19.0. The van der Waals surface area contributed by atoms with Crippen molar-refractivity contribution in [2.24, 2.45) is 5.92 Å². The highest BCUT2D eigenvalue weighted by Gasteiger charge is 2.33. The number of hydrogen-bond donors (Lipinski definition) is 3. The molecule has 9 heteroatoms. The molecule has 0 bridgehead atoms. The second-order valence-electron chi connectivity index (χ2n) is 8.87. The van der Waals surface area contributed by atoms with Gasteiger partial charge in [-0.2, -0.15) is 0 Å². The van der Waals surface area contributed by atoms with Gasteiger partial charge < -0.3 is 16.4 Å². The van der Waals surface area contributed by atoms with Crippen LogP contribution in [0.3, 0.4) is 0 Å². The van der Waals surface area contributed by atoms with Crippen LogP contribution in [0.2, 0.25) is 0 Å². The molecule has 7 nitrogen and oxygen atoms in total. The standard InChI is InChI=1S/C24H31F2N5O2/c1-15(2)14-31-9-3-4-21(31)24(33)30-20(11-16-5-7-18(25)19(26)10-16)23(32)29-13-17-6-8-22(27)28-12-17/h5-8,10,12,15,20-21H,3-4,9,11,13-14H2,1-2H3,(H2,27,28)(H,29,32)(H,30,33)/t20-,21+/m0/s1. The number of anilines is 1. The predicted molar refractivity (Wildman–Crippen MR) is 122 cm³/mol. The molecule has 2 heterocycles. The lowest BCUT2D eigenvalue weighted by Gasteiger charge is -2.27. The number of carbonyl (C=O) groups is 2. The topological polar surface area (TPSA) is 100 Å². The first kappa shape index (κ1) is 24.6. The number of carbonyl (C=O) groups excluding carboxylic acids is 2. The van der Waals surface area contributed by atoms with E-state index >= 15 is 0 Å². The van der Waals surface area contributed by atoms with E-state index in [4.69, 9.17) is 5.73 Å². The number of nitrogen functional groups attached to an aromatic ring is 1. The predicted octanol–water partition coefficient (Wildman–Crippen LogP) is 2.41. The summed E-state index contributed by atoms with van der Waals surface area (Å²) in [5.74, 6) is -1.83. The van der Waals surface area contributed by atoms with Gasteiger partial charge in [-0.05, 0) is 54.6 Å². The lowest BCUT2D eigenvalue weighted by molar-refractivity contribution is -0.131. The number of nitrogens with two attached hydrogens (primary N) is 1. The Morgan fingerprint density at radius 1 is 1.18 bits per heavy atom. The van der Waals surface area contributed by atoms with E-state index in [9.17, 15) is 18.4 Å². The van der Waals surface area contributed by atoms with Gasteiger partial charge in [-0.25, -0.2) is 13.8 Å². The van der Waals surface area contributed by atoms with Gasteiger partial charge in [-0.15, -0.1) is 0 Å². The largest absolute Gasteiger partial charge is 0.384 e. The van der Waals surface area contributed by atoms with Crippen LogP contribution in [0, 0.1) is 17.6 Å². The molecule has 1 fully saturated rings. The zero-order valence-corrected chi connectivity index (χ0v) is 19.0. The fourth-order valence-electron chi connectivity index (χ4n) is 4.04. The number of nitrogens with one attached hydrogen (secondary N) is 2. The van der Waals surface area contributed by atoms with E-state index in [0.29, 0.717) is 17.3 Å². The van der Waals surface area contributed by atoms with E-state index < -0.39 is 23.6 Å². The molecular weight excluding hydrogens is 428 g/mol. The number of nitrogens with zero attached hydrogens (tertiary/aromatic N) is 2. The fourth-order valence-corrected chi connectivity index (χ4v) is 4.04. The van der Waals surface area contributed by atoms with E-state index in [0.717, 1.165) is 43.6 Å². The molecule has 0 radical (unpaired) electrons. The molecule has 2 atom stereocenters. The summed E-state index contributed by atoms with van der Waals surface area (Å²) >= 11 is 0. The number of amides is 2. The smallest absolute Gasteiger partial charge is 0.243 e. The first-order chi connectivity index (χ1) is 15.7. The van der Waals surface area contributed by atoms with Crippen LogP contribution in [-0.4, -0.2) is 46.9 Å². The van der Waals surface area contributed by atoms with E-state index in [1.54, 1.807) is 18.3 Å². The van der Waals surface area contributed by atoms with Crippen molar-refractivity contribution >= 4 is 17.6 Å². The molecule has 1 aromatic carbocycles. The second-order valence-corrected chi connectivity index (χ2v) is 8.87. The Hall–Kier alpha value is -3.07. The molecular formula is C24H31F2N5O2. The van der Waals surface area contributed by atoms with Crippen molar-refractivity contribution in [2.75, 3.05) is 18.8 Å². The number of benzene rings is 1. The molecule has 0 unspecified atom stereocenters. The highest BCUT2D eigenvalue weighted by atomic mass is 19.2. The number of rotatable bonds is 9. The SMILES string of the molecule is CC(C)CN1CCC[C@@H]1C(=O)N[C@@H](Cc1ccc(F)c(F)c1)C(=O)NCc1ccc(N)nc1. The molecule has 0 spiro atoms. The fraction of sp³-hybridized carbons (Fsp3) is 0.458. The molecule has 1 saturated heterocycles. The quantitative estimate of drug-likeness (QED) is 0.535. The van der Waals surface area contributed by atoms with Gasteiger partial charge in [-0.1, -0.05) is 26.0 Å². The van der Waals surface area contributed by atoms with Crippen molar-refractivity contribution in [1.29, 1.82) is 0 Å². The maximum atomic E-state index is 13.7. The van der Waals surface area contributed by atoms with Gasteiger partial charge in [0.2, 0.25) is 11.8 Å². The van der Waals surface area contributed by atoms with Gasteiger partial charge in [0.05, 0.1) is 6.04 Å². The summed E-state index contributed by atoms with van der Waals surface area (Å²) < 4.78 is 27.1. The van der Waals surface area contributed by atoms with E-state index in [-0.39, 0.29) is 24.9 Å². The van der Waals surface area contributed by atoms with E-state index in [1.807, 2.05) is 0 Å². The minimum absolute atomic E-state index is 0.0334. The number of hydrogen-bond acceptors (Lipinski definition) is 5. The van der Waals surface area contributed by atoms with Crippen LogP contribution in [0.25, 0.3) is 0 Å². The minimum Gasteiger partial charge on any atom is -0.384 e. The Kier molecular flexibility index (Phi) is 8.32. The van der Waals surface area contributed by atoms with Gasteiger partial charge in [-0.3, -0.25) is 14.5 Å². The third-order valence-electron chi connectivity index (χ3n) is 5.64. The zero-order chi connectivity index (χ0) is 24.0. The average molecular weight is 460 g/mol. The Morgan fingerprint density at radius 2 is 1.94 bits per heavy atom. The normalized spacial score (nSPS) is 17.2. The second kappa shape index (κ2) is 11.2. The molecule has 4 N–H and O–H groups in total. The molecule has 3 rings (SSSR count). The highest BCUT2D eigenvalue weighted by molar-refractivity contribution is 5.90. The number of halogens is 2. The summed E-state index contributed by atoms with van der Waals surface area (Å²) in [5.41, 5.74) is 6.74. The molecule has 2 amide bonds. The molecule has 1 aliphatic rings. The Morgan fingerprint density at radius 3 is 2.61 bits per heavy atom. The Bertz CT molecular complexity index is 968. The van der Waals surface area contributed by atoms with Crippen molar-refractivity contribution in [3.8, 4) is 0 Å². The lowest BCUT2D eigenvalue weighted by atomic mass is 10.0. The first-order valence-electron chi connectivity index (χ1n) is 11.2. The summed E-state index contributed by atoms with van der Waals surface area (Å²) in [4.78, 5) is 32.2. The van der Waals surface area contributed by atoms with Crippen LogP contribution >= 0.6 is 0 Å². The van der Waals surface area contributed by atoms with Crippen LogP contribution < -0.4 is 16.4 Å². The van der Waals surface area contributed by atoms with Crippen LogP contribution in [-0.2, 0) is 22.6 Å². The lowest BCUT2D eigenvalue weighted by Crippen LogP contribution is -2.53. The summed E-state index contributed by atoms with van der Waals surface area (Å²) in [6.45, 7) is 6.01. The minimum atomic E-state index is -0.996. The summed E-state index contributed by atoms with van der Waals surface area (Å²) in [6, 6.07) is 5.60. The van der Waals surface area contributed by atoms with Crippen molar-refractivity contribution in [3.05, 3.63) is 59.3 Å². The molecule has 0 aliphatic carbocycles. The van der Waals surface area contributed by atoms with Gasteiger partial charge in [0.15, 0.2) is 11.6 Å². The van der Waals surface area contributed by atoms with Crippen molar-refractivity contribution in [2.45, 2.75) is 51.7 Å². The third-order valence-corrected chi connectivity index (χ3v) is 5.64. The van der Waals surface area contributed by atoms with Crippen molar-refractivity contribution in [1.82, 2.24) is 20.5 Å². The Labute approximate surface area is 192 Å². The van der Waals surface area contributed by atoms with E-state index in [2.05, 4.69) is 34.4 Å². The molecule has 1 aromatic heterocycles. The summed E-state index contributed by atoms with van der Waals surface area (Å²) in [6.07, 6.45) is 3.22. The van der Waals surface area contributed by atoms with Gasteiger partial charge in [0.1, 0.15) is 11.9 Å². The number of likely N-dealkylation sites (tertiary alicyclic amines) is 1. The summed E-state index contributed by atoms with van der Waals surface area (Å²) in [7, 11) is 0. The van der Waals surface area contributed by atoms with Gasteiger partial charge >= 0.3 is 0 Å². The monoisotopic (exact) mass is 459 g/mol. The maximum Gasteiger partial charge on any atom is 0.243 e. The third kappa shape index (κ3) is 6.95. The van der Waals surface area contributed by atoms with Crippen LogP contribution in [0.5, 0.6) is 0 Å². The summed E-state index contributed by atoms with van der Waals surface area (Å²) in [5, 5.41) is 5.63. The molecule has 0 saturated carbocycles. The maximum absolute atomic E-state index is 13.7. The number of pyridine rings is 1. The molecule has 33 heavy (non-hydrogen) atoms. The van der Waals surface area contributed by atoms with Crippen molar-refractivity contribution < 1.29 is 18.4 Å². The Balaban J connectivity index is 1.72. The van der Waals surface area contributed by atoms with Crippen LogP contribution in [0.1, 0.15) is 37.8 Å². The number of aromatic nitrogens is 1. The average Bonchev–Trinajstić information content (AvgIpc) is 3.22. The first-order valence-corrected chi connectivity index (χ1v) is 11.2. The molecule has 2 aromatic rings. The molecule has 1 aliphatic heterocycles. The van der Waals surface area contributed by atoms with E-state index in [1.165, 1.54) is 6.07 Å². The van der Waals surface area contributed by atoms with Crippen LogP contribution in [0.15, 0.2) is 36.5 Å². The van der Waals surface area contributed by atoms with Crippen molar-refractivity contribution in [3.63, 3.8) is 0 Å². The van der Waals surface area contributed by atoms with Crippen LogP contribution in [0.4, 0.5) is 14.6 Å². The van der Waals surface area contributed by atoms with Gasteiger partial charge in [0, 0.05) is 25.7 Å². The van der Waals surface area contributed by atoms with Gasteiger partial charge in [0.25, 0.3) is 0 Å².